The molecule has 0 N–H and O–H groups in total. The van der Waals surface area contributed by atoms with Crippen LogP contribution in [-0.2, 0) is 9.53 Å². The van der Waals surface area contributed by atoms with Crippen LogP contribution in [0.4, 0.5) is 0 Å². The van der Waals surface area contributed by atoms with Gasteiger partial charge in [0.15, 0.2) is 0 Å². The van der Waals surface area contributed by atoms with E-state index in [1.807, 2.05) is 30.3 Å². The first-order valence-corrected chi connectivity index (χ1v) is 5.55. The average molecular weight is 257 g/mol. The number of methoxy groups -OCH3 is 1. The third kappa shape index (κ3) is 2.60. The van der Waals surface area contributed by atoms with E-state index in [1.54, 1.807) is 12.1 Å². The molecule has 0 heterocycles. The second-order valence-electron chi connectivity index (χ2n) is 3.85. The Kier molecular flexibility index (Phi) is 3.56. The highest BCUT2D eigenvalue weighted by molar-refractivity contribution is 5.96. The van der Waals surface area contributed by atoms with Crippen LogP contribution in [-0.4, -0.2) is 18.0 Å². The van der Waals surface area contributed by atoms with Crippen LogP contribution in [0.3, 0.4) is 0 Å². The fourth-order valence-corrected chi connectivity index (χ4v) is 1.81. The van der Waals surface area contributed by atoms with Crippen molar-refractivity contribution in [2.24, 2.45) is 0 Å². The molecule has 0 aliphatic carbocycles. The molecule has 0 amide bonds. The third-order valence-corrected chi connectivity index (χ3v) is 2.71. The number of ether oxygens (including phenoxy) is 1. The quantitative estimate of drug-likeness (QED) is 0.367. The molecule has 0 radical (unpaired) electrons. The van der Waals surface area contributed by atoms with Gasteiger partial charge in [0.1, 0.15) is 0 Å². The highest BCUT2D eigenvalue weighted by Crippen LogP contribution is 2.21. The molecule has 2 rings (SSSR count). The fourth-order valence-electron chi connectivity index (χ4n) is 1.81. The van der Waals surface area contributed by atoms with Crippen LogP contribution in [0.25, 0.3) is 16.8 Å². The number of benzene rings is 2. The van der Waals surface area contributed by atoms with Crippen molar-refractivity contribution in [3.8, 4) is 0 Å². The Morgan fingerprint density at radius 3 is 2.58 bits per heavy atom. The molecule has 0 atom stereocenters. The zero-order valence-electron chi connectivity index (χ0n) is 10.2. The van der Waals surface area contributed by atoms with Crippen molar-refractivity contribution in [2.75, 3.05) is 7.11 Å². The van der Waals surface area contributed by atoms with Crippen molar-refractivity contribution >= 4 is 22.8 Å². The van der Waals surface area contributed by atoms with E-state index in [1.165, 1.54) is 6.08 Å². The minimum atomic E-state index is -0.960. The van der Waals surface area contributed by atoms with Gasteiger partial charge in [-0.3, -0.25) is 10.1 Å². The number of nitrogens with zero attached hydrogens (tertiary/aromatic N) is 1. The molecule has 0 fully saturated rings. The molecule has 0 aliphatic rings. The second-order valence-corrected chi connectivity index (χ2v) is 3.85. The Bertz CT molecular complexity index is 671. The molecule has 0 saturated heterocycles. The van der Waals surface area contributed by atoms with Gasteiger partial charge in [-0.25, -0.2) is 4.79 Å². The molecule has 0 aromatic heterocycles. The van der Waals surface area contributed by atoms with Gasteiger partial charge in [0.2, 0.25) is 0 Å². The molecule has 0 spiro atoms. The van der Waals surface area contributed by atoms with Gasteiger partial charge in [0.25, 0.3) is 0 Å². The first-order chi connectivity index (χ1) is 9.13. The summed E-state index contributed by atoms with van der Waals surface area (Å²) in [5.74, 6) is -0.960. The van der Waals surface area contributed by atoms with E-state index >= 15 is 0 Å². The molecule has 2 aromatic rings. The SMILES string of the molecule is COC(=O)/C(=C/c1cccc2ccccc12)[N+](=O)[O-]. The van der Waals surface area contributed by atoms with Crippen LogP contribution in [0.15, 0.2) is 48.2 Å². The lowest BCUT2D eigenvalue weighted by atomic mass is 10.0. The van der Waals surface area contributed by atoms with Crippen molar-refractivity contribution < 1.29 is 14.5 Å². The minimum absolute atomic E-state index is 0.584. The highest BCUT2D eigenvalue weighted by atomic mass is 16.6. The number of esters is 1. The molecular formula is C14H11NO4. The summed E-state index contributed by atoms with van der Waals surface area (Å²) in [4.78, 5) is 21.5. The lowest BCUT2D eigenvalue weighted by molar-refractivity contribution is -0.419. The van der Waals surface area contributed by atoms with E-state index in [9.17, 15) is 14.9 Å². The standard InChI is InChI=1S/C14H11NO4/c1-19-14(16)13(15(17)18)9-11-7-4-6-10-5-2-3-8-12(10)11/h2-9H,1H3/b13-9-. The highest BCUT2D eigenvalue weighted by Gasteiger charge is 2.22. The maximum absolute atomic E-state index is 11.4. The van der Waals surface area contributed by atoms with E-state index in [0.717, 1.165) is 17.9 Å². The smallest absolute Gasteiger partial charge is 0.409 e. The number of fused-ring (bicyclic) bond motifs is 1. The van der Waals surface area contributed by atoms with Gasteiger partial charge >= 0.3 is 11.7 Å². The van der Waals surface area contributed by atoms with Crippen LogP contribution in [0.5, 0.6) is 0 Å². The normalized spacial score (nSPS) is 11.3. The minimum Gasteiger partial charge on any atom is -0.461 e. The lowest BCUT2D eigenvalue weighted by Gasteiger charge is -2.02. The number of carbonyl (C=O) groups excluding carboxylic acids is 1. The van der Waals surface area contributed by atoms with Crippen LogP contribution < -0.4 is 0 Å². The lowest BCUT2D eigenvalue weighted by Crippen LogP contribution is -2.12. The molecule has 19 heavy (non-hydrogen) atoms. The first-order valence-electron chi connectivity index (χ1n) is 5.55. The van der Waals surface area contributed by atoms with Gasteiger partial charge in [-0.2, -0.15) is 0 Å². The number of nitro groups is 1. The first kappa shape index (κ1) is 12.8. The van der Waals surface area contributed by atoms with Crippen molar-refractivity contribution in [2.45, 2.75) is 0 Å². The molecule has 0 bridgehead atoms. The van der Waals surface area contributed by atoms with Gasteiger partial charge in [0, 0.05) is 6.08 Å². The maximum Gasteiger partial charge on any atom is 0.409 e. The van der Waals surface area contributed by atoms with Crippen molar-refractivity contribution in [1.29, 1.82) is 0 Å². The summed E-state index contributed by atoms with van der Waals surface area (Å²) in [5.41, 5.74) is 0.0223. The number of carbonyl (C=O) groups is 1. The van der Waals surface area contributed by atoms with Gasteiger partial charge in [-0.1, -0.05) is 42.5 Å². The van der Waals surface area contributed by atoms with Gasteiger partial charge in [0.05, 0.1) is 12.0 Å². The van der Waals surface area contributed by atoms with Crippen LogP contribution >= 0.6 is 0 Å². The second kappa shape index (κ2) is 5.30. The fraction of sp³-hybridized carbons (Fsp3) is 0.0714. The van der Waals surface area contributed by atoms with E-state index in [2.05, 4.69) is 4.74 Å². The Balaban J connectivity index is 2.61. The van der Waals surface area contributed by atoms with Crippen molar-refractivity contribution in [1.82, 2.24) is 0 Å². The molecule has 5 nitrogen and oxygen atoms in total. The van der Waals surface area contributed by atoms with E-state index in [-0.39, 0.29) is 0 Å². The third-order valence-electron chi connectivity index (χ3n) is 2.71. The van der Waals surface area contributed by atoms with Crippen LogP contribution in [0.1, 0.15) is 5.56 Å². The van der Waals surface area contributed by atoms with Gasteiger partial charge < -0.3 is 4.74 Å². The molecular weight excluding hydrogens is 246 g/mol. The van der Waals surface area contributed by atoms with E-state index in [4.69, 9.17) is 0 Å². The zero-order chi connectivity index (χ0) is 13.8. The van der Waals surface area contributed by atoms with Crippen molar-refractivity contribution in [3.05, 3.63) is 63.8 Å². The van der Waals surface area contributed by atoms with Crippen LogP contribution in [0.2, 0.25) is 0 Å². The summed E-state index contributed by atoms with van der Waals surface area (Å²) in [5, 5.41) is 12.7. The Hall–Kier alpha value is -2.69. The molecule has 2 aromatic carbocycles. The van der Waals surface area contributed by atoms with E-state index in [0.29, 0.717) is 5.56 Å². The molecule has 0 saturated carbocycles. The molecule has 0 aliphatic heterocycles. The van der Waals surface area contributed by atoms with Gasteiger partial charge in [-0.05, 0) is 16.3 Å². The number of hydrogen-bond acceptors (Lipinski definition) is 4. The van der Waals surface area contributed by atoms with E-state index < -0.39 is 16.6 Å². The molecule has 0 unspecified atom stereocenters. The largest absolute Gasteiger partial charge is 0.461 e. The molecule has 96 valence electrons. The Morgan fingerprint density at radius 1 is 1.21 bits per heavy atom. The Labute approximate surface area is 109 Å². The predicted molar refractivity (Wildman–Crippen MR) is 70.9 cm³/mol. The number of hydrogen-bond donors (Lipinski definition) is 0. The number of rotatable bonds is 3. The summed E-state index contributed by atoms with van der Waals surface area (Å²) in [6, 6.07) is 12.9. The summed E-state index contributed by atoms with van der Waals surface area (Å²) < 4.78 is 4.41. The van der Waals surface area contributed by atoms with Gasteiger partial charge in [-0.15, -0.1) is 0 Å². The summed E-state index contributed by atoms with van der Waals surface area (Å²) in [6.45, 7) is 0. The van der Waals surface area contributed by atoms with Crippen molar-refractivity contribution in [3.63, 3.8) is 0 Å². The van der Waals surface area contributed by atoms with Crippen LogP contribution in [0, 0.1) is 10.1 Å². The summed E-state index contributed by atoms with van der Waals surface area (Å²) >= 11 is 0. The summed E-state index contributed by atoms with van der Waals surface area (Å²) in [7, 11) is 1.11. The summed E-state index contributed by atoms with van der Waals surface area (Å²) in [6.07, 6.45) is 1.23. The topological polar surface area (TPSA) is 69.4 Å². The zero-order valence-corrected chi connectivity index (χ0v) is 10.2. The average Bonchev–Trinajstić information content (AvgIpc) is 2.43. The molecule has 5 heteroatoms. The maximum atomic E-state index is 11.4. The Morgan fingerprint density at radius 2 is 1.89 bits per heavy atom. The predicted octanol–water partition coefficient (Wildman–Crippen LogP) is 2.63. The monoisotopic (exact) mass is 257 g/mol.